The molecule has 106 valence electrons. The maximum Gasteiger partial charge on any atom is 0.223 e. The minimum Gasteiger partial charge on any atom is -0.356 e. The van der Waals surface area contributed by atoms with Crippen LogP contribution in [0.5, 0.6) is 0 Å². The van der Waals surface area contributed by atoms with Crippen LogP contribution in [0.4, 0.5) is 0 Å². The highest BCUT2D eigenvalue weighted by Crippen LogP contribution is 2.23. The molecule has 2 atom stereocenters. The van der Waals surface area contributed by atoms with E-state index in [1.54, 1.807) is 0 Å². The molecule has 0 saturated heterocycles. The van der Waals surface area contributed by atoms with Gasteiger partial charge >= 0.3 is 0 Å². The number of nitrogens with one attached hydrogen (secondary N) is 1. The third-order valence-corrected chi connectivity index (χ3v) is 3.92. The van der Waals surface area contributed by atoms with Crippen molar-refractivity contribution in [3.8, 4) is 0 Å². The predicted octanol–water partition coefficient (Wildman–Crippen LogP) is 2.98. The van der Waals surface area contributed by atoms with Gasteiger partial charge in [-0.15, -0.1) is 0 Å². The first-order valence-electron chi connectivity index (χ1n) is 7.77. The SMILES string of the molecule is CCCCCCCCNC(=O)C1CCCC(N)C1. The maximum atomic E-state index is 11.9. The zero-order chi connectivity index (χ0) is 13.2. The summed E-state index contributed by atoms with van der Waals surface area (Å²) in [5.41, 5.74) is 5.91. The quantitative estimate of drug-likeness (QED) is 0.654. The van der Waals surface area contributed by atoms with E-state index in [9.17, 15) is 4.79 Å². The van der Waals surface area contributed by atoms with Gasteiger partial charge in [0, 0.05) is 18.5 Å². The number of amides is 1. The molecule has 0 radical (unpaired) electrons. The zero-order valence-corrected chi connectivity index (χ0v) is 11.9. The molecule has 0 spiro atoms. The third kappa shape index (κ3) is 6.39. The Bertz CT molecular complexity index is 231. The van der Waals surface area contributed by atoms with E-state index < -0.39 is 0 Å². The highest BCUT2D eigenvalue weighted by molar-refractivity contribution is 5.78. The van der Waals surface area contributed by atoms with Crippen LogP contribution in [0, 0.1) is 5.92 Å². The van der Waals surface area contributed by atoms with Gasteiger partial charge in [0.2, 0.25) is 5.91 Å². The molecule has 1 rings (SSSR count). The molecule has 18 heavy (non-hydrogen) atoms. The second-order valence-electron chi connectivity index (χ2n) is 5.68. The first-order valence-corrected chi connectivity index (χ1v) is 7.77. The molecule has 0 aromatic carbocycles. The van der Waals surface area contributed by atoms with Crippen molar-refractivity contribution in [2.75, 3.05) is 6.54 Å². The fourth-order valence-corrected chi connectivity index (χ4v) is 2.73. The average Bonchev–Trinajstić information content (AvgIpc) is 2.37. The van der Waals surface area contributed by atoms with E-state index in [-0.39, 0.29) is 17.9 Å². The molecular formula is C15H30N2O. The van der Waals surface area contributed by atoms with Crippen LogP contribution in [-0.2, 0) is 4.79 Å². The van der Waals surface area contributed by atoms with Gasteiger partial charge in [0.1, 0.15) is 0 Å². The van der Waals surface area contributed by atoms with Crippen LogP contribution in [-0.4, -0.2) is 18.5 Å². The van der Waals surface area contributed by atoms with Crippen LogP contribution < -0.4 is 11.1 Å². The van der Waals surface area contributed by atoms with E-state index in [4.69, 9.17) is 5.73 Å². The summed E-state index contributed by atoms with van der Waals surface area (Å²) in [5.74, 6) is 0.410. The number of unbranched alkanes of at least 4 members (excludes halogenated alkanes) is 5. The van der Waals surface area contributed by atoms with Gasteiger partial charge in [-0.25, -0.2) is 0 Å². The Morgan fingerprint density at radius 3 is 2.61 bits per heavy atom. The molecule has 0 bridgehead atoms. The van der Waals surface area contributed by atoms with E-state index in [1.165, 1.54) is 32.1 Å². The largest absolute Gasteiger partial charge is 0.356 e. The van der Waals surface area contributed by atoms with Crippen molar-refractivity contribution in [1.29, 1.82) is 0 Å². The minimum absolute atomic E-state index is 0.175. The Balaban J connectivity index is 1.99. The van der Waals surface area contributed by atoms with Crippen molar-refractivity contribution in [2.24, 2.45) is 11.7 Å². The fourth-order valence-electron chi connectivity index (χ4n) is 2.73. The number of carbonyl (C=O) groups excluding carboxylic acids is 1. The molecular weight excluding hydrogens is 224 g/mol. The summed E-state index contributed by atoms with van der Waals surface area (Å²) in [7, 11) is 0. The Morgan fingerprint density at radius 1 is 1.17 bits per heavy atom. The van der Waals surface area contributed by atoms with Crippen molar-refractivity contribution in [2.45, 2.75) is 77.2 Å². The van der Waals surface area contributed by atoms with E-state index in [0.717, 1.165) is 38.6 Å². The van der Waals surface area contributed by atoms with Gasteiger partial charge in [0.05, 0.1) is 0 Å². The summed E-state index contributed by atoms with van der Waals surface area (Å²) in [6, 6.07) is 0.239. The molecule has 3 nitrogen and oxygen atoms in total. The predicted molar refractivity (Wildman–Crippen MR) is 76.3 cm³/mol. The number of rotatable bonds is 8. The average molecular weight is 254 g/mol. The highest BCUT2D eigenvalue weighted by atomic mass is 16.1. The molecule has 1 fully saturated rings. The number of nitrogens with two attached hydrogens (primary N) is 1. The Hall–Kier alpha value is -0.570. The van der Waals surface area contributed by atoms with Crippen LogP contribution in [0.15, 0.2) is 0 Å². The third-order valence-electron chi connectivity index (χ3n) is 3.92. The lowest BCUT2D eigenvalue weighted by molar-refractivity contribution is -0.126. The summed E-state index contributed by atoms with van der Waals surface area (Å²) in [6.45, 7) is 3.08. The second kappa shape index (κ2) is 9.37. The Kier molecular flexibility index (Phi) is 8.06. The monoisotopic (exact) mass is 254 g/mol. The first kappa shape index (κ1) is 15.5. The van der Waals surface area contributed by atoms with Crippen molar-refractivity contribution < 1.29 is 4.79 Å². The smallest absolute Gasteiger partial charge is 0.223 e. The molecule has 3 N–H and O–H groups in total. The molecule has 1 amide bonds. The molecule has 1 saturated carbocycles. The molecule has 1 aliphatic rings. The lowest BCUT2D eigenvalue weighted by Crippen LogP contribution is -2.38. The molecule has 0 aromatic rings. The lowest BCUT2D eigenvalue weighted by atomic mass is 9.85. The topological polar surface area (TPSA) is 55.1 Å². The summed E-state index contributed by atoms with van der Waals surface area (Å²) >= 11 is 0. The van der Waals surface area contributed by atoms with Gasteiger partial charge in [0.15, 0.2) is 0 Å². The van der Waals surface area contributed by atoms with Crippen molar-refractivity contribution >= 4 is 5.91 Å². The second-order valence-corrected chi connectivity index (χ2v) is 5.68. The van der Waals surface area contributed by atoms with Crippen molar-refractivity contribution in [1.82, 2.24) is 5.32 Å². The molecule has 1 aliphatic carbocycles. The van der Waals surface area contributed by atoms with Crippen LogP contribution in [0.1, 0.15) is 71.1 Å². The first-order chi connectivity index (χ1) is 8.74. The zero-order valence-electron chi connectivity index (χ0n) is 11.9. The number of carbonyl (C=O) groups is 1. The summed E-state index contributed by atoms with van der Waals surface area (Å²) in [4.78, 5) is 11.9. The van der Waals surface area contributed by atoms with Crippen LogP contribution in [0.25, 0.3) is 0 Å². The summed E-state index contributed by atoms with van der Waals surface area (Å²) in [5, 5.41) is 3.07. The van der Waals surface area contributed by atoms with E-state index in [1.807, 2.05) is 0 Å². The standard InChI is InChI=1S/C15H30N2O/c1-2-3-4-5-6-7-11-17-15(18)13-9-8-10-14(16)12-13/h13-14H,2-12,16H2,1H3,(H,17,18). The normalized spacial score (nSPS) is 23.9. The van der Waals surface area contributed by atoms with Crippen LogP contribution in [0.3, 0.4) is 0 Å². The fraction of sp³-hybridized carbons (Fsp3) is 0.933. The molecule has 3 heteroatoms. The Labute approximate surface area is 112 Å². The maximum absolute atomic E-state index is 11.9. The molecule has 2 unspecified atom stereocenters. The van der Waals surface area contributed by atoms with E-state index >= 15 is 0 Å². The summed E-state index contributed by atoms with van der Waals surface area (Å²) in [6.07, 6.45) is 11.7. The Morgan fingerprint density at radius 2 is 1.89 bits per heavy atom. The van der Waals surface area contributed by atoms with Gasteiger partial charge in [0.25, 0.3) is 0 Å². The minimum atomic E-state index is 0.175. The van der Waals surface area contributed by atoms with Crippen molar-refractivity contribution in [3.05, 3.63) is 0 Å². The van der Waals surface area contributed by atoms with E-state index in [2.05, 4.69) is 12.2 Å². The van der Waals surface area contributed by atoms with Gasteiger partial charge in [-0.3, -0.25) is 4.79 Å². The number of hydrogen-bond donors (Lipinski definition) is 2. The number of hydrogen-bond acceptors (Lipinski definition) is 2. The van der Waals surface area contributed by atoms with Crippen LogP contribution in [0.2, 0.25) is 0 Å². The molecule has 0 heterocycles. The molecule has 0 aliphatic heterocycles. The van der Waals surface area contributed by atoms with Gasteiger partial charge in [-0.2, -0.15) is 0 Å². The van der Waals surface area contributed by atoms with Crippen molar-refractivity contribution in [3.63, 3.8) is 0 Å². The van der Waals surface area contributed by atoms with Gasteiger partial charge in [-0.1, -0.05) is 45.4 Å². The van der Waals surface area contributed by atoms with Crippen LogP contribution >= 0.6 is 0 Å². The summed E-state index contributed by atoms with van der Waals surface area (Å²) < 4.78 is 0. The van der Waals surface area contributed by atoms with Gasteiger partial charge < -0.3 is 11.1 Å². The van der Waals surface area contributed by atoms with E-state index in [0.29, 0.717) is 0 Å². The highest BCUT2D eigenvalue weighted by Gasteiger charge is 2.24. The van der Waals surface area contributed by atoms with Gasteiger partial charge in [-0.05, 0) is 25.7 Å². The molecule has 0 aromatic heterocycles. The lowest BCUT2D eigenvalue weighted by Gasteiger charge is -2.25.